The highest BCUT2D eigenvalue weighted by Gasteiger charge is 2.29. The van der Waals surface area contributed by atoms with E-state index in [1.54, 1.807) is 25.1 Å². The Balaban J connectivity index is 1.24. The average Bonchev–Trinajstić information content (AvgIpc) is 3.57. The van der Waals surface area contributed by atoms with E-state index in [1.807, 2.05) is 0 Å². The predicted octanol–water partition coefficient (Wildman–Crippen LogP) is 4.86. The molecule has 6 rings (SSSR count). The Morgan fingerprint density at radius 2 is 1.88 bits per heavy atom. The average molecular weight is 609 g/mol. The summed E-state index contributed by atoms with van der Waals surface area (Å²) in [7, 11) is -3.84. The molecular weight excluding hydrogens is 582 g/mol. The first-order chi connectivity index (χ1) is 20.6. The molecular formula is C29H26F2N6O5S. The summed E-state index contributed by atoms with van der Waals surface area (Å²) in [4.78, 5) is 20.6. The van der Waals surface area contributed by atoms with E-state index in [2.05, 4.69) is 19.8 Å². The number of benzene rings is 2. The molecule has 0 saturated carbocycles. The fraction of sp³-hybridized carbons (Fsp3) is 0.207. The molecule has 0 amide bonds. The van der Waals surface area contributed by atoms with E-state index in [0.29, 0.717) is 48.2 Å². The number of anilines is 2. The van der Waals surface area contributed by atoms with Gasteiger partial charge in [-0.15, -0.1) is 0 Å². The summed E-state index contributed by atoms with van der Waals surface area (Å²) >= 11 is 0. The van der Waals surface area contributed by atoms with Crippen LogP contribution in [0.1, 0.15) is 34.5 Å². The highest BCUT2D eigenvalue weighted by atomic mass is 32.2. The molecule has 0 bridgehead atoms. The molecule has 0 spiro atoms. The molecule has 0 unspecified atom stereocenters. The molecule has 1 fully saturated rings. The lowest BCUT2D eigenvalue weighted by Crippen LogP contribution is -2.33. The quantitative estimate of drug-likeness (QED) is 0.211. The Morgan fingerprint density at radius 3 is 2.63 bits per heavy atom. The number of carbonyl (C=O) groups is 1. The summed E-state index contributed by atoms with van der Waals surface area (Å²) < 4.78 is 68.9. The van der Waals surface area contributed by atoms with Crippen molar-refractivity contribution in [3.8, 4) is 17.3 Å². The Morgan fingerprint density at radius 1 is 1.12 bits per heavy atom. The number of para-hydroxylation sites is 1. The van der Waals surface area contributed by atoms with E-state index in [0.717, 1.165) is 6.07 Å². The minimum absolute atomic E-state index is 0.0238. The maximum Gasteiger partial charge on any atom is 0.235 e. The number of hydrogen-bond donors (Lipinski definition) is 3. The molecule has 4 heterocycles. The molecule has 1 aliphatic heterocycles. The van der Waals surface area contributed by atoms with Crippen molar-refractivity contribution in [1.29, 1.82) is 0 Å². The monoisotopic (exact) mass is 608 g/mol. The number of ether oxygens (including phenoxy) is 2. The summed E-state index contributed by atoms with van der Waals surface area (Å²) in [5.41, 5.74) is 7.75. The Kier molecular flexibility index (Phi) is 7.31. The predicted molar refractivity (Wildman–Crippen MR) is 155 cm³/mol. The van der Waals surface area contributed by atoms with Gasteiger partial charge < -0.3 is 20.2 Å². The van der Waals surface area contributed by atoms with Crippen molar-refractivity contribution >= 4 is 38.2 Å². The van der Waals surface area contributed by atoms with Crippen LogP contribution in [-0.2, 0) is 14.8 Å². The molecule has 11 nitrogen and oxygen atoms in total. The fourth-order valence-electron chi connectivity index (χ4n) is 4.89. The zero-order valence-corrected chi connectivity index (χ0v) is 23.6. The summed E-state index contributed by atoms with van der Waals surface area (Å²) in [6, 6.07) is 11.4. The van der Waals surface area contributed by atoms with Crippen LogP contribution in [0, 0.1) is 18.6 Å². The molecule has 4 N–H and O–H groups in total. The van der Waals surface area contributed by atoms with Gasteiger partial charge in [0.2, 0.25) is 21.7 Å². The largest absolute Gasteiger partial charge is 0.436 e. The van der Waals surface area contributed by atoms with Gasteiger partial charge in [0.05, 0.1) is 40.3 Å². The molecule has 1 saturated heterocycles. The third kappa shape index (κ3) is 5.53. The van der Waals surface area contributed by atoms with Crippen molar-refractivity contribution in [1.82, 2.24) is 19.7 Å². The number of nitrogens with one attached hydrogen (secondary N) is 2. The molecule has 43 heavy (non-hydrogen) atoms. The molecule has 3 aromatic heterocycles. The van der Waals surface area contributed by atoms with Gasteiger partial charge in [-0.05, 0) is 55.7 Å². The van der Waals surface area contributed by atoms with E-state index in [-0.39, 0.29) is 34.4 Å². The lowest BCUT2D eigenvalue weighted by atomic mass is 10.1. The van der Waals surface area contributed by atoms with E-state index < -0.39 is 32.7 Å². The molecule has 1 aliphatic rings. The van der Waals surface area contributed by atoms with Crippen molar-refractivity contribution in [3.63, 3.8) is 0 Å². The third-order valence-electron chi connectivity index (χ3n) is 7.20. The number of fused-ring (bicyclic) bond motifs is 1. The first-order valence-electron chi connectivity index (χ1n) is 13.3. The molecule has 2 aromatic carbocycles. The smallest absolute Gasteiger partial charge is 0.235 e. The molecule has 5 aromatic rings. The van der Waals surface area contributed by atoms with E-state index in [4.69, 9.17) is 15.2 Å². The van der Waals surface area contributed by atoms with Crippen LogP contribution >= 0.6 is 0 Å². The van der Waals surface area contributed by atoms with Crippen LogP contribution in [0.4, 0.5) is 20.3 Å². The number of nitrogens with two attached hydrogens (primary N) is 1. The Labute approximate surface area is 244 Å². The maximum atomic E-state index is 14.9. The normalized spacial score (nSPS) is 14.2. The number of sulfonamides is 1. The maximum absolute atomic E-state index is 14.9. The lowest BCUT2D eigenvalue weighted by Gasteiger charge is -2.22. The molecule has 14 heteroatoms. The van der Waals surface area contributed by atoms with Crippen LogP contribution in [0.2, 0.25) is 0 Å². The van der Waals surface area contributed by atoms with Gasteiger partial charge in [-0.25, -0.2) is 26.9 Å². The third-order valence-corrected chi connectivity index (χ3v) is 9.05. The summed E-state index contributed by atoms with van der Waals surface area (Å²) in [6.45, 7) is 2.40. The second-order valence-corrected chi connectivity index (χ2v) is 12.0. The number of nitrogens with zero attached hydrogens (tertiary/aromatic N) is 3. The SMILES string of the molecule is Cc1cc(Oc2ccccc2F)ncc1-n1ncc(C(=O)c2cc3cc(F)c(NS(=O)(=O)C4CCOCC4)cc3[nH]2)c1N. The van der Waals surface area contributed by atoms with Crippen molar-refractivity contribution in [2.45, 2.75) is 25.0 Å². The fourth-order valence-corrected chi connectivity index (χ4v) is 6.33. The Hall–Kier alpha value is -4.82. The molecule has 0 radical (unpaired) electrons. The standard InChI is InChI=1S/C29H26F2N6O5S/c1-16-10-27(42-26-5-3-2-4-20(26)30)33-15-25(16)37-29(32)19(14-34-37)28(38)24-12-17-11-21(31)23(13-22(17)35-24)36-43(39,40)18-6-8-41-9-7-18/h2-5,10-15,18,35-36H,6-9,32H2,1H3. The number of ketones is 1. The van der Waals surface area contributed by atoms with E-state index in [9.17, 15) is 22.0 Å². The number of rotatable bonds is 8. The molecule has 0 atom stereocenters. The zero-order valence-electron chi connectivity index (χ0n) is 22.8. The van der Waals surface area contributed by atoms with Gasteiger partial charge in [0.15, 0.2) is 11.6 Å². The molecule has 222 valence electrons. The number of aromatic nitrogens is 4. The number of nitrogen functional groups attached to an aromatic ring is 1. The number of hydrogen-bond acceptors (Lipinski definition) is 8. The van der Waals surface area contributed by atoms with Crippen LogP contribution in [0.5, 0.6) is 11.6 Å². The minimum atomic E-state index is -3.84. The van der Waals surface area contributed by atoms with Gasteiger partial charge in [-0.3, -0.25) is 9.52 Å². The van der Waals surface area contributed by atoms with Crippen LogP contribution in [0.25, 0.3) is 16.6 Å². The minimum Gasteiger partial charge on any atom is -0.436 e. The zero-order chi connectivity index (χ0) is 30.3. The van der Waals surface area contributed by atoms with Gasteiger partial charge in [0.1, 0.15) is 11.6 Å². The van der Waals surface area contributed by atoms with Gasteiger partial charge in [0, 0.05) is 30.2 Å². The first-order valence-corrected chi connectivity index (χ1v) is 14.8. The lowest BCUT2D eigenvalue weighted by molar-refractivity contribution is 0.0984. The highest BCUT2D eigenvalue weighted by molar-refractivity contribution is 7.93. The van der Waals surface area contributed by atoms with Crippen LogP contribution in [0.15, 0.2) is 60.9 Å². The van der Waals surface area contributed by atoms with Crippen LogP contribution in [0.3, 0.4) is 0 Å². The van der Waals surface area contributed by atoms with Gasteiger partial charge in [-0.1, -0.05) is 12.1 Å². The van der Waals surface area contributed by atoms with Crippen molar-refractivity contribution in [2.24, 2.45) is 0 Å². The van der Waals surface area contributed by atoms with Crippen LogP contribution in [-0.4, -0.2) is 52.4 Å². The number of halogens is 2. The van der Waals surface area contributed by atoms with Crippen molar-refractivity contribution in [2.75, 3.05) is 23.7 Å². The van der Waals surface area contributed by atoms with Crippen molar-refractivity contribution in [3.05, 3.63) is 89.4 Å². The van der Waals surface area contributed by atoms with Crippen LogP contribution < -0.4 is 15.2 Å². The van der Waals surface area contributed by atoms with Gasteiger partial charge >= 0.3 is 0 Å². The number of carbonyl (C=O) groups excluding carboxylic acids is 1. The summed E-state index contributed by atoms with van der Waals surface area (Å²) in [5, 5.41) is 3.94. The topological polar surface area (TPSA) is 154 Å². The second kappa shape index (κ2) is 11.1. The van der Waals surface area contributed by atoms with Gasteiger partial charge in [0.25, 0.3) is 0 Å². The number of pyridine rings is 1. The summed E-state index contributed by atoms with van der Waals surface area (Å²) in [6.07, 6.45) is 3.38. The molecule has 0 aliphatic carbocycles. The van der Waals surface area contributed by atoms with Crippen molar-refractivity contribution < 1.29 is 31.5 Å². The summed E-state index contributed by atoms with van der Waals surface area (Å²) in [5.74, 6) is -1.59. The Bertz CT molecular complexity index is 1970. The number of aromatic amines is 1. The number of aryl methyl sites for hydroxylation is 1. The highest BCUT2D eigenvalue weighted by Crippen LogP contribution is 2.30. The number of H-pyrrole nitrogens is 1. The second-order valence-electron chi connectivity index (χ2n) is 10.1. The van der Waals surface area contributed by atoms with E-state index in [1.165, 1.54) is 41.3 Å². The first kappa shape index (κ1) is 28.3. The van der Waals surface area contributed by atoms with E-state index >= 15 is 0 Å². The van der Waals surface area contributed by atoms with Gasteiger partial charge in [-0.2, -0.15) is 5.10 Å².